The molecule has 8 heteroatoms. The number of hydrogen-bond acceptors (Lipinski definition) is 7. The van der Waals surface area contributed by atoms with Crippen LogP contribution in [0, 0.1) is 0 Å². The summed E-state index contributed by atoms with van der Waals surface area (Å²) in [6, 6.07) is 8.39. The minimum atomic E-state index is -0.348. The summed E-state index contributed by atoms with van der Waals surface area (Å²) in [6.07, 6.45) is 1.71. The topological polar surface area (TPSA) is 109 Å². The molecule has 0 aliphatic heterocycles. The molecular weight excluding hydrogens is 388 g/mol. The summed E-state index contributed by atoms with van der Waals surface area (Å²) in [7, 11) is 5.98. The van der Waals surface area contributed by atoms with Gasteiger partial charge in [0.15, 0.2) is 17.3 Å². The number of Topliss-reactive ketones (excluding diaryl/α,β-unsaturated/α-hetero) is 1. The van der Waals surface area contributed by atoms with Crippen LogP contribution in [-0.2, 0) is 4.79 Å². The van der Waals surface area contributed by atoms with E-state index in [0.29, 0.717) is 45.4 Å². The van der Waals surface area contributed by atoms with Crippen LogP contribution in [0.15, 0.2) is 35.9 Å². The Hall–Kier alpha value is -3.52. The first-order valence-electron chi connectivity index (χ1n) is 9.09. The quantitative estimate of drug-likeness (QED) is 0.480. The maximum atomic E-state index is 13.0. The van der Waals surface area contributed by atoms with Gasteiger partial charge in [0.25, 0.3) is 0 Å². The second-order valence-electron chi connectivity index (χ2n) is 6.28. The highest BCUT2D eigenvalue weighted by atomic mass is 16.5. The monoisotopic (exact) mass is 414 g/mol. The van der Waals surface area contributed by atoms with Gasteiger partial charge in [-0.25, -0.2) is 0 Å². The van der Waals surface area contributed by atoms with E-state index in [0.717, 1.165) is 0 Å². The number of carbonyl (C=O) groups is 2. The van der Waals surface area contributed by atoms with Gasteiger partial charge in [0.05, 0.1) is 40.7 Å². The lowest BCUT2D eigenvalue weighted by Crippen LogP contribution is -2.22. The van der Waals surface area contributed by atoms with Gasteiger partial charge in [-0.1, -0.05) is 6.07 Å². The molecule has 0 fully saturated rings. The van der Waals surface area contributed by atoms with Crippen molar-refractivity contribution >= 4 is 23.5 Å². The summed E-state index contributed by atoms with van der Waals surface area (Å²) < 4.78 is 21.2. The third-order valence-electron chi connectivity index (χ3n) is 4.35. The molecule has 0 radical (unpaired) electrons. The van der Waals surface area contributed by atoms with Crippen molar-refractivity contribution in [3.8, 4) is 23.0 Å². The summed E-state index contributed by atoms with van der Waals surface area (Å²) in [5, 5.41) is 2.68. The fourth-order valence-corrected chi connectivity index (χ4v) is 2.87. The van der Waals surface area contributed by atoms with Crippen molar-refractivity contribution in [2.45, 2.75) is 6.92 Å². The number of benzene rings is 2. The standard InChI is InChI=1S/C22H26N2O6/c1-13(8-14-6-7-17(27-2)16(9-14)24-20(25)12-23)21(26)15-10-18(28-3)22(30-5)19(11-15)29-4/h6-11H,12,23H2,1-5H3,(H,24,25). The summed E-state index contributed by atoms with van der Waals surface area (Å²) in [6.45, 7) is 1.55. The van der Waals surface area contributed by atoms with E-state index in [-0.39, 0.29) is 18.2 Å². The van der Waals surface area contributed by atoms with E-state index < -0.39 is 0 Å². The minimum absolute atomic E-state index is 0.151. The Morgan fingerprint density at radius 3 is 2.03 bits per heavy atom. The first kappa shape index (κ1) is 22.8. The van der Waals surface area contributed by atoms with Gasteiger partial charge in [0.2, 0.25) is 11.7 Å². The van der Waals surface area contributed by atoms with Crippen molar-refractivity contribution in [2.75, 3.05) is 40.3 Å². The molecule has 0 aliphatic carbocycles. The number of rotatable bonds is 9. The number of carbonyl (C=O) groups excluding carboxylic acids is 2. The Morgan fingerprint density at radius 2 is 1.53 bits per heavy atom. The van der Waals surface area contributed by atoms with Crippen molar-refractivity contribution in [3.63, 3.8) is 0 Å². The number of nitrogens with one attached hydrogen (secondary N) is 1. The summed E-state index contributed by atoms with van der Waals surface area (Å²) in [5.41, 5.74) is 7.41. The van der Waals surface area contributed by atoms with Crippen LogP contribution in [0.5, 0.6) is 23.0 Å². The van der Waals surface area contributed by atoms with E-state index in [1.165, 1.54) is 28.4 Å². The molecule has 30 heavy (non-hydrogen) atoms. The molecule has 0 unspecified atom stereocenters. The van der Waals surface area contributed by atoms with E-state index in [1.807, 2.05) is 0 Å². The van der Waals surface area contributed by atoms with Gasteiger partial charge in [0, 0.05) is 5.56 Å². The van der Waals surface area contributed by atoms with Crippen LogP contribution in [0.25, 0.3) is 6.08 Å². The molecule has 2 aromatic carbocycles. The normalized spacial score (nSPS) is 10.9. The zero-order valence-electron chi connectivity index (χ0n) is 17.7. The number of amides is 1. The molecule has 1 amide bonds. The number of allylic oxidation sites excluding steroid dienone is 1. The van der Waals surface area contributed by atoms with Crippen molar-refractivity contribution in [2.24, 2.45) is 5.73 Å². The third kappa shape index (κ3) is 5.09. The Bertz CT molecular complexity index is 943. The van der Waals surface area contributed by atoms with E-state index in [2.05, 4.69) is 5.32 Å². The van der Waals surface area contributed by atoms with E-state index in [1.54, 1.807) is 43.3 Å². The lowest BCUT2D eigenvalue weighted by Gasteiger charge is -2.14. The maximum absolute atomic E-state index is 13.0. The Kier molecular flexibility index (Phi) is 7.83. The molecule has 160 valence electrons. The predicted molar refractivity (Wildman–Crippen MR) is 115 cm³/mol. The highest BCUT2D eigenvalue weighted by molar-refractivity contribution is 6.11. The summed E-state index contributed by atoms with van der Waals surface area (Å²) in [5.74, 6) is 1.13. The van der Waals surface area contributed by atoms with Crippen LogP contribution < -0.4 is 30.0 Å². The average Bonchev–Trinajstić information content (AvgIpc) is 2.77. The number of hydrogen-bond donors (Lipinski definition) is 2. The summed E-state index contributed by atoms with van der Waals surface area (Å²) >= 11 is 0. The van der Waals surface area contributed by atoms with Gasteiger partial charge in [-0.05, 0) is 48.4 Å². The fraction of sp³-hybridized carbons (Fsp3) is 0.273. The third-order valence-corrected chi connectivity index (χ3v) is 4.35. The molecule has 0 atom stereocenters. The molecule has 0 aliphatic rings. The molecule has 3 N–H and O–H groups in total. The molecular formula is C22H26N2O6. The molecule has 0 bridgehead atoms. The minimum Gasteiger partial charge on any atom is -0.495 e. The van der Waals surface area contributed by atoms with E-state index in [9.17, 15) is 9.59 Å². The molecule has 0 saturated carbocycles. The SMILES string of the molecule is COc1ccc(C=C(C)C(=O)c2cc(OC)c(OC)c(OC)c2)cc1NC(=O)CN. The Morgan fingerprint density at radius 1 is 0.933 bits per heavy atom. The van der Waals surface area contributed by atoms with Crippen molar-refractivity contribution in [1.29, 1.82) is 0 Å². The summed E-state index contributed by atoms with van der Waals surface area (Å²) in [4.78, 5) is 24.6. The van der Waals surface area contributed by atoms with Crippen molar-refractivity contribution < 1.29 is 28.5 Å². The number of anilines is 1. The van der Waals surface area contributed by atoms with Crippen LogP contribution in [0.2, 0.25) is 0 Å². The van der Waals surface area contributed by atoms with Gasteiger partial charge in [0.1, 0.15) is 5.75 Å². The highest BCUT2D eigenvalue weighted by Gasteiger charge is 2.18. The second-order valence-corrected chi connectivity index (χ2v) is 6.28. The largest absolute Gasteiger partial charge is 0.495 e. The number of methoxy groups -OCH3 is 4. The number of ether oxygens (including phenoxy) is 4. The Labute approximate surface area is 175 Å². The molecule has 0 saturated heterocycles. The van der Waals surface area contributed by atoms with Crippen LogP contribution in [0.4, 0.5) is 5.69 Å². The highest BCUT2D eigenvalue weighted by Crippen LogP contribution is 2.38. The van der Waals surface area contributed by atoms with Crippen LogP contribution >= 0.6 is 0 Å². The smallest absolute Gasteiger partial charge is 0.238 e. The first-order valence-corrected chi connectivity index (χ1v) is 9.09. The maximum Gasteiger partial charge on any atom is 0.238 e. The zero-order valence-corrected chi connectivity index (χ0v) is 17.7. The van der Waals surface area contributed by atoms with Gasteiger partial charge in [-0.2, -0.15) is 0 Å². The van der Waals surface area contributed by atoms with Crippen LogP contribution in [0.1, 0.15) is 22.8 Å². The Balaban J connectivity index is 2.40. The number of nitrogens with two attached hydrogens (primary N) is 1. The predicted octanol–water partition coefficient (Wildman–Crippen LogP) is 2.90. The van der Waals surface area contributed by atoms with Crippen molar-refractivity contribution in [1.82, 2.24) is 0 Å². The van der Waals surface area contributed by atoms with Crippen LogP contribution in [-0.4, -0.2) is 46.7 Å². The van der Waals surface area contributed by atoms with Crippen LogP contribution in [0.3, 0.4) is 0 Å². The van der Waals surface area contributed by atoms with Crippen molar-refractivity contribution in [3.05, 3.63) is 47.0 Å². The van der Waals surface area contributed by atoms with Gasteiger partial charge >= 0.3 is 0 Å². The van der Waals surface area contributed by atoms with E-state index >= 15 is 0 Å². The lowest BCUT2D eigenvalue weighted by atomic mass is 10.0. The van der Waals surface area contributed by atoms with Gasteiger partial charge in [-0.3, -0.25) is 9.59 Å². The molecule has 0 aromatic heterocycles. The lowest BCUT2D eigenvalue weighted by molar-refractivity contribution is -0.114. The molecule has 2 aromatic rings. The zero-order chi connectivity index (χ0) is 22.3. The first-order chi connectivity index (χ1) is 14.4. The second kappa shape index (κ2) is 10.3. The molecule has 0 heterocycles. The van der Waals surface area contributed by atoms with Gasteiger partial charge in [-0.15, -0.1) is 0 Å². The average molecular weight is 414 g/mol. The fourth-order valence-electron chi connectivity index (χ4n) is 2.87. The molecule has 2 rings (SSSR count). The van der Waals surface area contributed by atoms with Gasteiger partial charge < -0.3 is 30.0 Å². The van der Waals surface area contributed by atoms with E-state index in [4.69, 9.17) is 24.7 Å². The number of ketones is 1. The molecule has 0 spiro atoms. The molecule has 8 nitrogen and oxygen atoms in total.